The van der Waals surface area contributed by atoms with Gasteiger partial charge in [-0.25, -0.2) is 9.67 Å². The molecule has 1 N–H and O–H groups in total. The van der Waals surface area contributed by atoms with E-state index in [9.17, 15) is 0 Å². The molecule has 0 fully saturated rings. The summed E-state index contributed by atoms with van der Waals surface area (Å²) < 4.78 is 7.66. The lowest BCUT2D eigenvalue weighted by Crippen LogP contribution is -2.14. The number of benzene rings is 1. The Morgan fingerprint density at radius 1 is 1.35 bits per heavy atom. The number of rotatable bonds is 7. The summed E-state index contributed by atoms with van der Waals surface area (Å²) in [6.45, 7) is 6.84. The maximum atomic E-state index is 6.23. The van der Waals surface area contributed by atoms with Gasteiger partial charge in [-0.1, -0.05) is 30.7 Å². The first-order valence-electron chi connectivity index (χ1n) is 6.73. The van der Waals surface area contributed by atoms with Crippen molar-refractivity contribution in [1.82, 2.24) is 20.1 Å². The summed E-state index contributed by atoms with van der Waals surface area (Å²) in [5.41, 5.74) is 1.04. The first-order chi connectivity index (χ1) is 9.76. The van der Waals surface area contributed by atoms with E-state index in [-0.39, 0.29) is 0 Å². The molecule has 1 aromatic carbocycles. The molecule has 0 amide bonds. The molecule has 1 heterocycles. The highest BCUT2D eigenvalue weighted by atomic mass is 35.5. The van der Waals surface area contributed by atoms with Crippen molar-refractivity contribution in [3.63, 3.8) is 0 Å². The minimum absolute atomic E-state index is 0.358. The predicted octanol–water partition coefficient (Wildman–Crippen LogP) is 2.64. The Bertz CT molecular complexity index is 556. The second kappa shape index (κ2) is 7.26. The Morgan fingerprint density at radius 2 is 2.20 bits per heavy atom. The number of halogens is 1. The van der Waals surface area contributed by atoms with Crippen molar-refractivity contribution >= 4 is 11.6 Å². The molecule has 0 saturated heterocycles. The molecule has 0 spiro atoms. The number of ether oxygens (including phenoxy) is 1. The van der Waals surface area contributed by atoms with Crippen LogP contribution in [0.5, 0.6) is 5.75 Å². The molecule has 20 heavy (non-hydrogen) atoms. The molecule has 5 nitrogen and oxygen atoms in total. The maximum Gasteiger partial charge on any atom is 0.164 e. The second-order valence-electron chi connectivity index (χ2n) is 4.29. The Labute approximate surface area is 123 Å². The summed E-state index contributed by atoms with van der Waals surface area (Å²) >= 11 is 6.23. The smallest absolute Gasteiger partial charge is 0.164 e. The molecule has 0 aliphatic carbocycles. The van der Waals surface area contributed by atoms with Gasteiger partial charge in [0, 0.05) is 18.7 Å². The summed E-state index contributed by atoms with van der Waals surface area (Å²) in [6.07, 6.45) is 1.54. The fourth-order valence-electron chi connectivity index (χ4n) is 1.91. The van der Waals surface area contributed by atoms with E-state index in [1.807, 2.05) is 25.1 Å². The lowest BCUT2D eigenvalue weighted by molar-refractivity contribution is 0.284. The number of hydrogen-bond donors (Lipinski definition) is 1. The van der Waals surface area contributed by atoms with E-state index in [2.05, 4.69) is 22.3 Å². The van der Waals surface area contributed by atoms with Crippen molar-refractivity contribution in [2.45, 2.75) is 33.5 Å². The van der Waals surface area contributed by atoms with Gasteiger partial charge in [-0.2, -0.15) is 5.10 Å². The molecular weight excluding hydrogens is 276 g/mol. The molecule has 2 aromatic rings. The molecule has 6 heteroatoms. The topological polar surface area (TPSA) is 52.0 Å². The SMILES string of the molecule is CCNCc1cccc(Cl)c1OCc1ncnn1CC. The fourth-order valence-corrected chi connectivity index (χ4v) is 2.16. The van der Waals surface area contributed by atoms with Gasteiger partial charge in [0.2, 0.25) is 0 Å². The van der Waals surface area contributed by atoms with Gasteiger partial charge >= 0.3 is 0 Å². The minimum atomic E-state index is 0.358. The van der Waals surface area contributed by atoms with Gasteiger partial charge in [0.15, 0.2) is 5.82 Å². The summed E-state index contributed by atoms with van der Waals surface area (Å²) in [6, 6.07) is 5.77. The van der Waals surface area contributed by atoms with Gasteiger partial charge in [-0.3, -0.25) is 0 Å². The van der Waals surface area contributed by atoms with Crippen molar-refractivity contribution in [3.05, 3.63) is 40.9 Å². The van der Waals surface area contributed by atoms with E-state index < -0.39 is 0 Å². The third-order valence-corrected chi connectivity index (χ3v) is 3.25. The molecule has 2 rings (SSSR count). The van der Waals surface area contributed by atoms with Gasteiger partial charge in [0.1, 0.15) is 18.7 Å². The molecule has 0 atom stereocenters. The van der Waals surface area contributed by atoms with Crippen molar-refractivity contribution < 1.29 is 4.74 Å². The van der Waals surface area contributed by atoms with Crippen LogP contribution in [0.25, 0.3) is 0 Å². The largest absolute Gasteiger partial charge is 0.484 e. The van der Waals surface area contributed by atoms with Crippen LogP contribution in [-0.4, -0.2) is 21.3 Å². The highest BCUT2D eigenvalue weighted by molar-refractivity contribution is 6.32. The Hall–Kier alpha value is -1.59. The maximum absolute atomic E-state index is 6.23. The predicted molar refractivity (Wildman–Crippen MR) is 78.9 cm³/mol. The summed E-state index contributed by atoms with van der Waals surface area (Å²) in [5.74, 6) is 1.50. The van der Waals surface area contributed by atoms with Crippen LogP contribution in [-0.2, 0) is 19.7 Å². The molecule has 1 aromatic heterocycles. The number of aryl methyl sites for hydroxylation is 1. The van der Waals surface area contributed by atoms with Gasteiger partial charge in [0.25, 0.3) is 0 Å². The molecule has 108 valence electrons. The zero-order valence-electron chi connectivity index (χ0n) is 11.8. The van der Waals surface area contributed by atoms with Gasteiger partial charge in [-0.15, -0.1) is 0 Å². The standard InChI is InChI=1S/C14H19ClN4O/c1-3-16-8-11-6-5-7-12(15)14(11)20-9-13-17-10-18-19(13)4-2/h5-7,10,16H,3-4,8-9H2,1-2H3. The third-order valence-electron chi connectivity index (χ3n) is 2.95. The van der Waals surface area contributed by atoms with E-state index in [0.717, 1.165) is 31.0 Å². The molecule has 0 aliphatic heterocycles. The monoisotopic (exact) mass is 294 g/mol. The zero-order chi connectivity index (χ0) is 14.4. The van der Waals surface area contributed by atoms with Crippen LogP contribution in [0.15, 0.2) is 24.5 Å². The van der Waals surface area contributed by atoms with Crippen LogP contribution in [0.4, 0.5) is 0 Å². The van der Waals surface area contributed by atoms with Crippen molar-refractivity contribution in [2.24, 2.45) is 0 Å². The number of para-hydroxylation sites is 1. The molecule has 0 aliphatic rings. The van der Waals surface area contributed by atoms with Crippen LogP contribution in [0.2, 0.25) is 5.02 Å². The highest BCUT2D eigenvalue weighted by Crippen LogP contribution is 2.29. The van der Waals surface area contributed by atoms with Crippen molar-refractivity contribution in [1.29, 1.82) is 0 Å². The first kappa shape index (κ1) is 14.8. The van der Waals surface area contributed by atoms with Crippen LogP contribution >= 0.6 is 11.6 Å². The van der Waals surface area contributed by atoms with Crippen LogP contribution in [0.3, 0.4) is 0 Å². The quantitative estimate of drug-likeness (QED) is 0.853. The molecule has 0 saturated carbocycles. The number of nitrogens with one attached hydrogen (secondary N) is 1. The number of nitrogens with zero attached hydrogens (tertiary/aromatic N) is 3. The lowest BCUT2D eigenvalue weighted by Gasteiger charge is -2.13. The minimum Gasteiger partial charge on any atom is -0.484 e. The van der Waals surface area contributed by atoms with Gasteiger partial charge in [-0.05, 0) is 19.5 Å². The van der Waals surface area contributed by atoms with E-state index in [1.165, 1.54) is 6.33 Å². The first-order valence-corrected chi connectivity index (χ1v) is 7.11. The third kappa shape index (κ3) is 3.49. The average Bonchev–Trinajstić information content (AvgIpc) is 2.91. The van der Waals surface area contributed by atoms with E-state index in [4.69, 9.17) is 16.3 Å². The lowest BCUT2D eigenvalue weighted by atomic mass is 10.2. The zero-order valence-corrected chi connectivity index (χ0v) is 12.5. The van der Waals surface area contributed by atoms with Crippen molar-refractivity contribution in [3.8, 4) is 5.75 Å². The Kier molecular flexibility index (Phi) is 5.38. The summed E-state index contributed by atoms with van der Waals surface area (Å²) in [4.78, 5) is 4.19. The van der Waals surface area contributed by atoms with Crippen LogP contribution in [0, 0.1) is 0 Å². The molecular formula is C14H19ClN4O. The summed E-state index contributed by atoms with van der Waals surface area (Å²) in [7, 11) is 0. The van der Waals surface area contributed by atoms with Crippen LogP contribution in [0.1, 0.15) is 25.2 Å². The Morgan fingerprint density at radius 3 is 2.95 bits per heavy atom. The van der Waals surface area contributed by atoms with E-state index in [1.54, 1.807) is 4.68 Å². The summed E-state index contributed by atoms with van der Waals surface area (Å²) in [5, 5.41) is 8.01. The van der Waals surface area contributed by atoms with E-state index in [0.29, 0.717) is 17.4 Å². The number of aromatic nitrogens is 3. The van der Waals surface area contributed by atoms with E-state index >= 15 is 0 Å². The normalized spacial score (nSPS) is 10.8. The molecule has 0 unspecified atom stereocenters. The van der Waals surface area contributed by atoms with Crippen LogP contribution < -0.4 is 10.1 Å². The molecule has 0 radical (unpaired) electrons. The van der Waals surface area contributed by atoms with Gasteiger partial charge < -0.3 is 10.1 Å². The van der Waals surface area contributed by atoms with Crippen molar-refractivity contribution in [2.75, 3.05) is 6.54 Å². The fraction of sp³-hybridized carbons (Fsp3) is 0.429. The molecule has 0 bridgehead atoms. The van der Waals surface area contributed by atoms with Gasteiger partial charge in [0.05, 0.1) is 5.02 Å². The number of hydrogen-bond acceptors (Lipinski definition) is 4. The average molecular weight is 295 g/mol. The second-order valence-corrected chi connectivity index (χ2v) is 4.70. The Balaban J connectivity index is 2.12. The highest BCUT2D eigenvalue weighted by Gasteiger charge is 2.10.